The maximum Gasteiger partial charge on any atom is 0.273 e. The van der Waals surface area contributed by atoms with Crippen LogP contribution in [0.2, 0.25) is 0 Å². The van der Waals surface area contributed by atoms with Crippen molar-refractivity contribution < 1.29 is 19.2 Å². The van der Waals surface area contributed by atoms with Gasteiger partial charge in [0.15, 0.2) is 0 Å². The number of unbranched alkanes of at least 4 members (excludes halogenated alkanes) is 1. The highest BCUT2D eigenvalue weighted by atomic mass is 16.6. The first-order valence-electron chi connectivity index (χ1n) is 12.0. The number of anilines is 1. The highest BCUT2D eigenvalue weighted by molar-refractivity contribution is 5.97. The van der Waals surface area contributed by atoms with E-state index in [9.17, 15) is 19.7 Å². The van der Waals surface area contributed by atoms with Crippen molar-refractivity contribution in [2.24, 2.45) is 0 Å². The number of aromatic nitrogens is 1. The predicted octanol–water partition coefficient (Wildman–Crippen LogP) is 3.32. The monoisotopic (exact) mass is 483 g/mol. The zero-order valence-electron chi connectivity index (χ0n) is 20.2. The van der Waals surface area contributed by atoms with Crippen molar-refractivity contribution in [2.45, 2.75) is 57.6 Å². The summed E-state index contributed by atoms with van der Waals surface area (Å²) in [5.74, 6) is -0.298. The van der Waals surface area contributed by atoms with E-state index in [4.69, 9.17) is 4.74 Å². The number of benzene rings is 1. The van der Waals surface area contributed by atoms with E-state index in [1.165, 1.54) is 12.3 Å². The zero-order valence-corrected chi connectivity index (χ0v) is 20.2. The van der Waals surface area contributed by atoms with Gasteiger partial charge in [0, 0.05) is 30.8 Å². The Bertz CT molecular complexity index is 1010. The molecule has 1 atom stereocenters. The highest BCUT2D eigenvalue weighted by Crippen LogP contribution is 2.20. The van der Waals surface area contributed by atoms with E-state index in [0.717, 1.165) is 38.8 Å². The molecule has 2 N–H and O–H groups in total. The molecular weight excluding hydrogens is 450 g/mol. The van der Waals surface area contributed by atoms with E-state index in [1.807, 2.05) is 6.92 Å². The molecule has 35 heavy (non-hydrogen) atoms. The molecule has 10 nitrogen and oxygen atoms in total. The van der Waals surface area contributed by atoms with Crippen molar-refractivity contribution in [2.75, 3.05) is 25.5 Å². The lowest BCUT2D eigenvalue weighted by atomic mass is 10.1. The number of carbonyl (C=O) groups is 2. The number of amides is 2. The minimum Gasteiger partial charge on any atom is -0.474 e. The minimum atomic E-state index is -0.764. The Kier molecular flexibility index (Phi) is 9.54. The molecule has 1 fully saturated rings. The Hall–Kier alpha value is -3.53. The number of pyridine rings is 1. The lowest BCUT2D eigenvalue weighted by molar-refractivity contribution is -0.385. The second-order valence-corrected chi connectivity index (χ2v) is 8.82. The topological polar surface area (TPSA) is 127 Å². The van der Waals surface area contributed by atoms with Crippen molar-refractivity contribution >= 4 is 23.2 Å². The molecule has 0 aliphatic carbocycles. The number of rotatable bonds is 11. The van der Waals surface area contributed by atoms with Gasteiger partial charge in [0.1, 0.15) is 12.1 Å². The molecule has 1 aliphatic heterocycles. The Balaban J connectivity index is 1.58. The number of carbonyl (C=O) groups excluding carboxylic acids is 2. The van der Waals surface area contributed by atoms with Gasteiger partial charge in [-0.3, -0.25) is 19.7 Å². The molecule has 188 valence electrons. The summed E-state index contributed by atoms with van der Waals surface area (Å²) in [5.41, 5.74) is 0.681. The third kappa shape index (κ3) is 8.03. The van der Waals surface area contributed by atoms with Crippen molar-refractivity contribution in [1.29, 1.82) is 0 Å². The zero-order chi connectivity index (χ0) is 25.2. The number of likely N-dealkylation sites (tertiary alicyclic amines) is 1. The quantitative estimate of drug-likeness (QED) is 0.371. The van der Waals surface area contributed by atoms with Gasteiger partial charge in [-0.15, -0.1) is 0 Å². The van der Waals surface area contributed by atoms with Gasteiger partial charge < -0.3 is 20.3 Å². The fourth-order valence-corrected chi connectivity index (χ4v) is 3.96. The molecule has 2 amide bonds. The predicted molar refractivity (Wildman–Crippen MR) is 132 cm³/mol. The third-order valence-corrected chi connectivity index (χ3v) is 5.99. The summed E-state index contributed by atoms with van der Waals surface area (Å²) < 4.78 is 5.94. The van der Waals surface area contributed by atoms with Gasteiger partial charge in [-0.1, -0.05) is 38.0 Å². The average Bonchev–Trinajstić information content (AvgIpc) is 2.84. The molecule has 1 aromatic carbocycles. The number of nitro benzene ring substituents is 1. The lowest BCUT2D eigenvalue weighted by Crippen LogP contribution is -2.44. The molecular formula is C25H33N5O5. The van der Waals surface area contributed by atoms with Crippen LogP contribution in [-0.4, -0.2) is 58.9 Å². The summed E-state index contributed by atoms with van der Waals surface area (Å²) >= 11 is 0. The highest BCUT2D eigenvalue weighted by Gasteiger charge is 2.23. The van der Waals surface area contributed by atoms with Crippen molar-refractivity contribution in [1.82, 2.24) is 15.2 Å². The van der Waals surface area contributed by atoms with Crippen LogP contribution in [-0.2, 0) is 16.0 Å². The minimum absolute atomic E-state index is 0.120. The van der Waals surface area contributed by atoms with Gasteiger partial charge in [0.25, 0.3) is 5.69 Å². The van der Waals surface area contributed by atoms with E-state index >= 15 is 0 Å². The van der Waals surface area contributed by atoms with Gasteiger partial charge in [-0.25, -0.2) is 4.98 Å². The molecule has 10 heteroatoms. The second-order valence-electron chi connectivity index (χ2n) is 8.82. The molecule has 1 aliphatic rings. The first-order chi connectivity index (χ1) is 16.9. The molecule has 1 saturated heterocycles. The summed E-state index contributed by atoms with van der Waals surface area (Å²) in [6.45, 7) is 3.97. The van der Waals surface area contributed by atoms with E-state index in [1.54, 1.807) is 30.3 Å². The van der Waals surface area contributed by atoms with E-state index in [-0.39, 0.29) is 24.1 Å². The Morgan fingerprint density at radius 2 is 1.97 bits per heavy atom. The molecule has 3 rings (SSSR count). The van der Waals surface area contributed by atoms with Gasteiger partial charge in [-0.05, 0) is 32.4 Å². The molecule has 0 bridgehead atoms. The van der Waals surface area contributed by atoms with E-state index < -0.39 is 16.9 Å². The largest absolute Gasteiger partial charge is 0.474 e. The van der Waals surface area contributed by atoms with E-state index in [2.05, 4.69) is 27.6 Å². The fraction of sp³-hybridized carbons (Fsp3) is 0.480. The van der Waals surface area contributed by atoms with Crippen LogP contribution in [0.3, 0.4) is 0 Å². The van der Waals surface area contributed by atoms with Crippen molar-refractivity contribution in [3.05, 3.63) is 58.3 Å². The molecule has 2 aromatic rings. The number of piperidine rings is 1. The first-order valence-corrected chi connectivity index (χ1v) is 12.0. The van der Waals surface area contributed by atoms with Crippen molar-refractivity contribution in [3.8, 4) is 5.88 Å². The van der Waals surface area contributed by atoms with Gasteiger partial charge in [0.05, 0.1) is 23.2 Å². The van der Waals surface area contributed by atoms with Crippen LogP contribution in [0.25, 0.3) is 0 Å². The number of para-hydroxylation sites is 1. The normalized spacial score (nSPS) is 15.3. The summed E-state index contributed by atoms with van der Waals surface area (Å²) in [6, 6.07) is 8.78. The molecule has 0 spiro atoms. The number of nitro groups is 1. The Morgan fingerprint density at radius 1 is 1.23 bits per heavy atom. The van der Waals surface area contributed by atoms with E-state index in [0.29, 0.717) is 23.6 Å². The average molecular weight is 484 g/mol. The van der Waals surface area contributed by atoms with Crippen LogP contribution in [0.5, 0.6) is 5.88 Å². The summed E-state index contributed by atoms with van der Waals surface area (Å²) in [4.78, 5) is 42.8. The molecule has 0 saturated carbocycles. The van der Waals surface area contributed by atoms with Gasteiger partial charge >= 0.3 is 0 Å². The number of hydrogen-bond acceptors (Lipinski definition) is 7. The Labute approximate surface area is 205 Å². The molecule has 0 radical (unpaired) electrons. The van der Waals surface area contributed by atoms with Crippen LogP contribution in [0.1, 0.15) is 44.6 Å². The lowest BCUT2D eigenvalue weighted by Gasteiger charge is -2.28. The van der Waals surface area contributed by atoms with Crippen LogP contribution in [0.15, 0.2) is 42.6 Å². The second kappa shape index (κ2) is 12.8. The van der Waals surface area contributed by atoms with Crippen LogP contribution in [0, 0.1) is 10.1 Å². The van der Waals surface area contributed by atoms with Crippen LogP contribution in [0.4, 0.5) is 11.4 Å². The third-order valence-electron chi connectivity index (χ3n) is 5.99. The summed E-state index contributed by atoms with van der Waals surface area (Å²) in [5, 5.41) is 16.8. The number of nitrogens with zero attached hydrogens (tertiary/aromatic N) is 3. The molecule has 1 unspecified atom stereocenters. The van der Waals surface area contributed by atoms with Crippen molar-refractivity contribution in [3.63, 3.8) is 0 Å². The summed E-state index contributed by atoms with van der Waals surface area (Å²) in [7, 11) is 2.09. The molecule has 1 aromatic heterocycles. The van der Waals surface area contributed by atoms with Crippen LogP contribution < -0.4 is 15.4 Å². The smallest absolute Gasteiger partial charge is 0.273 e. The SMILES string of the molecule is CCCCC(NC(=O)Cc1ccccc1[N+](=O)[O-])C(=O)Nc1ccc(OC2CCN(C)CC2)nc1. The maximum atomic E-state index is 12.9. The number of ether oxygens (including phenoxy) is 1. The first kappa shape index (κ1) is 26.1. The maximum absolute atomic E-state index is 12.9. The summed E-state index contributed by atoms with van der Waals surface area (Å²) in [6.07, 6.45) is 5.43. The number of hydrogen-bond donors (Lipinski definition) is 2. The number of nitrogens with one attached hydrogen (secondary N) is 2. The standard InChI is InChI=1S/C25H33N5O5/c1-3-4-8-21(28-23(31)16-18-7-5-6-9-22(18)30(33)34)25(32)27-19-10-11-24(26-17-19)35-20-12-14-29(2)15-13-20/h5-7,9-11,17,20-21H,3-4,8,12-16H2,1-2H3,(H,27,32)(H,28,31). The van der Waals surface area contributed by atoms with Gasteiger partial charge in [-0.2, -0.15) is 0 Å². The molecule has 2 heterocycles. The van der Waals surface area contributed by atoms with Gasteiger partial charge in [0.2, 0.25) is 17.7 Å². The van der Waals surface area contributed by atoms with Crippen LogP contribution >= 0.6 is 0 Å². The fourth-order valence-electron chi connectivity index (χ4n) is 3.96. The Morgan fingerprint density at radius 3 is 2.63 bits per heavy atom.